The lowest BCUT2D eigenvalue weighted by molar-refractivity contribution is 0.562. The minimum Gasteiger partial charge on any atom is -0.380 e. The zero-order chi connectivity index (χ0) is 12.5. The van der Waals surface area contributed by atoms with Crippen molar-refractivity contribution in [1.29, 1.82) is 0 Å². The van der Waals surface area contributed by atoms with Crippen molar-refractivity contribution >= 4 is 38.7 Å². The predicted molar refractivity (Wildman–Crippen MR) is 71.8 cm³/mol. The fourth-order valence-electron chi connectivity index (χ4n) is 1.97. The highest BCUT2D eigenvalue weighted by Crippen LogP contribution is 2.31. The largest absolute Gasteiger partial charge is 0.380 e. The summed E-state index contributed by atoms with van der Waals surface area (Å²) in [6, 6.07) is 5.21. The Morgan fingerprint density at radius 3 is 2.76 bits per heavy atom. The number of hydrogen-bond acceptors (Lipinski definition) is 3. The van der Waals surface area contributed by atoms with Crippen molar-refractivity contribution in [3.05, 3.63) is 28.2 Å². The topological polar surface area (TPSA) is 46.2 Å². The van der Waals surface area contributed by atoms with Crippen LogP contribution < -0.4 is 5.32 Å². The molecule has 1 fully saturated rings. The zero-order valence-electron chi connectivity index (χ0n) is 9.12. The predicted octanol–water partition coefficient (Wildman–Crippen LogP) is 2.98. The third kappa shape index (κ3) is 3.27. The quantitative estimate of drug-likeness (QED) is 0.912. The van der Waals surface area contributed by atoms with Crippen LogP contribution in [0.15, 0.2) is 18.2 Å². The van der Waals surface area contributed by atoms with Crippen LogP contribution in [0.1, 0.15) is 12.8 Å². The van der Waals surface area contributed by atoms with Crippen molar-refractivity contribution in [1.82, 2.24) is 0 Å². The Morgan fingerprint density at radius 2 is 2.06 bits per heavy atom. The number of nitrogens with one attached hydrogen (secondary N) is 1. The lowest BCUT2D eigenvalue weighted by Crippen LogP contribution is -2.34. The van der Waals surface area contributed by atoms with Crippen molar-refractivity contribution in [2.24, 2.45) is 0 Å². The molecule has 0 spiro atoms. The monoisotopic (exact) mass is 293 g/mol. The van der Waals surface area contributed by atoms with Gasteiger partial charge in [-0.15, -0.1) is 0 Å². The van der Waals surface area contributed by atoms with Gasteiger partial charge < -0.3 is 5.32 Å². The molecule has 0 aliphatic carbocycles. The summed E-state index contributed by atoms with van der Waals surface area (Å²) in [4.78, 5) is 0. The highest BCUT2D eigenvalue weighted by Gasteiger charge is 2.25. The van der Waals surface area contributed by atoms with Gasteiger partial charge in [0.1, 0.15) is 0 Å². The first-order valence-corrected chi connectivity index (χ1v) is 7.97. The van der Waals surface area contributed by atoms with Gasteiger partial charge in [0, 0.05) is 6.04 Å². The molecule has 1 aromatic rings. The van der Waals surface area contributed by atoms with Crippen LogP contribution in [-0.2, 0) is 9.84 Å². The van der Waals surface area contributed by atoms with E-state index >= 15 is 0 Å². The molecule has 1 N–H and O–H groups in total. The van der Waals surface area contributed by atoms with Gasteiger partial charge in [0.25, 0.3) is 0 Å². The van der Waals surface area contributed by atoms with Gasteiger partial charge in [-0.05, 0) is 25.0 Å². The van der Waals surface area contributed by atoms with Crippen molar-refractivity contribution in [3.8, 4) is 0 Å². The Balaban J connectivity index is 2.13. The van der Waals surface area contributed by atoms with Gasteiger partial charge in [0.05, 0.1) is 27.2 Å². The molecule has 0 radical (unpaired) electrons. The molecule has 1 saturated heterocycles. The summed E-state index contributed by atoms with van der Waals surface area (Å²) in [6.45, 7) is 0. The molecule has 0 bridgehead atoms. The van der Waals surface area contributed by atoms with Gasteiger partial charge in [0.2, 0.25) is 0 Å². The second-order valence-electron chi connectivity index (χ2n) is 4.20. The summed E-state index contributed by atoms with van der Waals surface area (Å²) in [5, 5.41) is 4.06. The molecule has 0 saturated carbocycles. The number of rotatable bonds is 2. The van der Waals surface area contributed by atoms with Gasteiger partial charge in [-0.2, -0.15) is 0 Å². The molecular weight excluding hydrogens is 281 g/mol. The van der Waals surface area contributed by atoms with E-state index in [9.17, 15) is 8.42 Å². The van der Waals surface area contributed by atoms with Crippen LogP contribution in [0.5, 0.6) is 0 Å². The lowest BCUT2D eigenvalue weighted by Gasteiger charge is -2.24. The second kappa shape index (κ2) is 5.04. The molecule has 2 rings (SSSR count). The zero-order valence-corrected chi connectivity index (χ0v) is 11.4. The third-order valence-corrected chi connectivity index (χ3v) is 5.41. The normalized spacial score (nSPS) is 23.3. The van der Waals surface area contributed by atoms with E-state index in [1.165, 1.54) is 0 Å². The van der Waals surface area contributed by atoms with Crippen molar-refractivity contribution in [2.75, 3.05) is 16.8 Å². The Hall–Kier alpha value is -0.450. The number of halogens is 2. The molecule has 1 aliphatic heterocycles. The summed E-state index contributed by atoms with van der Waals surface area (Å²) in [5.41, 5.74) is 0.696. The molecule has 1 heterocycles. The molecule has 1 atom stereocenters. The molecule has 1 unspecified atom stereocenters. The summed E-state index contributed by atoms with van der Waals surface area (Å²) < 4.78 is 23.0. The number of hydrogen-bond donors (Lipinski definition) is 1. The lowest BCUT2D eigenvalue weighted by atomic mass is 10.1. The first kappa shape index (κ1) is 13.0. The molecule has 3 nitrogen and oxygen atoms in total. The second-order valence-corrected chi connectivity index (χ2v) is 7.21. The summed E-state index contributed by atoms with van der Waals surface area (Å²) >= 11 is 11.9. The molecule has 1 aromatic carbocycles. The maximum Gasteiger partial charge on any atom is 0.152 e. The Bertz CT molecular complexity index is 516. The molecule has 94 valence electrons. The van der Waals surface area contributed by atoms with E-state index in [2.05, 4.69) is 5.32 Å². The van der Waals surface area contributed by atoms with E-state index in [1.54, 1.807) is 18.2 Å². The van der Waals surface area contributed by atoms with Crippen LogP contribution in [0.25, 0.3) is 0 Å². The van der Waals surface area contributed by atoms with Gasteiger partial charge >= 0.3 is 0 Å². The molecule has 0 aromatic heterocycles. The molecule has 0 amide bonds. The first-order chi connectivity index (χ1) is 7.98. The number of benzene rings is 1. The molecule has 6 heteroatoms. The van der Waals surface area contributed by atoms with Crippen LogP contribution in [0, 0.1) is 0 Å². The minimum atomic E-state index is -2.91. The van der Waals surface area contributed by atoms with Crippen LogP contribution in [0.2, 0.25) is 10.0 Å². The fourth-order valence-corrected chi connectivity index (χ4v) is 3.96. The Labute approximate surface area is 111 Å². The number of anilines is 1. The van der Waals surface area contributed by atoms with E-state index in [0.717, 1.165) is 6.42 Å². The smallest absolute Gasteiger partial charge is 0.152 e. The standard InChI is InChI=1S/C11H13Cl2NO2S/c12-9-4-1-5-10(11(9)13)14-8-3-2-6-17(15,16)7-8/h1,4-5,8,14H,2-3,6-7H2. The Morgan fingerprint density at radius 1 is 1.29 bits per heavy atom. The average Bonchev–Trinajstić information content (AvgIpc) is 2.23. The van der Waals surface area contributed by atoms with Gasteiger partial charge in [-0.3, -0.25) is 0 Å². The highest BCUT2D eigenvalue weighted by atomic mass is 35.5. The van der Waals surface area contributed by atoms with Crippen LogP contribution in [0.3, 0.4) is 0 Å². The maximum absolute atomic E-state index is 11.5. The van der Waals surface area contributed by atoms with Gasteiger partial charge in [-0.25, -0.2) is 8.42 Å². The summed E-state index contributed by atoms with van der Waals surface area (Å²) in [5.74, 6) is 0.449. The number of sulfone groups is 1. The van der Waals surface area contributed by atoms with Crippen molar-refractivity contribution in [3.63, 3.8) is 0 Å². The van der Waals surface area contributed by atoms with Crippen LogP contribution in [-0.4, -0.2) is 26.0 Å². The van der Waals surface area contributed by atoms with Crippen LogP contribution in [0.4, 0.5) is 5.69 Å². The highest BCUT2D eigenvalue weighted by molar-refractivity contribution is 7.91. The van der Waals surface area contributed by atoms with E-state index < -0.39 is 9.84 Å². The van der Waals surface area contributed by atoms with E-state index in [-0.39, 0.29) is 17.5 Å². The third-order valence-electron chi connectivity index (χ3n) is 2.77. The summed E-state index contributed by atoms with van der Waals surface area (Å²) in [6.07, 6.45) is 1.53. The van der Waals surface area contributed by atoms with Gasteiger partial charge in [0.15, 0.2) is 9.84 Å². The SMILES string of the molecule is O=S1(=O)CCCC(Nc2cccc(Cl)c2Cl)C1. The molecule has 17 heavy (non-hydrogen) atoms. The van der Waals surface area contributed by atoms with Crippen molar-refractivity contribution in [2.45, 2.75) is 18.9 Å². The van der Waals surface area contributed by atoms with E-state index in [1.807, 2.05) is 0 Å². The maximum atomic E-state index is 11.5. The van der Waals surface area contributed by atoms with Crippen molar-refractivity contribution < 1.29 is 8.42 Å². The molecule has 1 aliphatic rings. The van der Waals surface area contributed by atoms with Gasteiger partial charge in [-0.1, -0.05) is 29.3 Å². The average molecular weight is 294 g/mol. The van der Waals surface area contributed by atoms with E-state index in [4.69, 9.17) is 23.2 Å². The van der Waals surface area contributed by atoms with E-state index in [0.29, 0.717) is 22.2 Å². The minimum absolute atomic E-state index is 0.0790. The summed E-state index contributed by atoms with van der Waals surface area (Å²) in [7, 11) is -2.91. The van der Waals surface area contributed by atoms with Crippen LogP contribution >= 0.6 is 23.2 Å². The first-order valence-electron chi connectivity index (χ1n) is 5.39. The molecular formula is C11H13Cl2NO2S. The Kier molecular flexibility index (Phi) is 3.85. The fraction of sp³-hybridized carbons (Fsp3) is 0.455.